The third-order valence-corrected chi connectivity index (χ3v) is 13.1. The lowest BCUT2D eigenvalue weighted by molar-refractivity contribution is 0.315. The second-order valence-electron chi connectivity index (χ2n) is 11.8. The molecule has 0 saturated heterocycles. The first-order valence-corrected chi connectivity index (χ1v) is 17.1. The summed E-state index contributed by atoms with van der Waals surface area (Å²) in [5, 5.41) is 0. The van der Waals surface area contributed by atoms with E-state index in [1.54, 1.807) is 11.1 Å². The fourth-order valence-electron chi connectivity index (χ4n) is 7.09. The van der Waals surface area contributed by atoms with Gasteiger partial charge in [-0.3, -0.25) is 0 Å². The lowest BCUT2D eigenvalue weighted by Crippen LogP contribution is -2.37. The number of hydrogen-bond donors (Lipinski definition) is 0. The molecule has 4 atom stereocenters. The Morgan fingerprint density at radius 1 is 0.811 bits per heavy atom. The minimum atomic E-state index is -1.54. The van der Waals surface area contributed by atoms with E-state index in [9.17, 15) is 0 Å². The number of fused-ring (bicyclic) bond motifs is 1. The molecule has 0 nitrogen and oxygen atoms in total. The molecule has 1 aliphatic rings. The Balaban J connectivity index is 1.69. The fourth-order valence-corrected chi connectivity index (χ4v) is 10.1. The summed E-state index contributed by atoms with van der Waals surface area (Å²) < 4.78 is 0. The Kier molecular flexibility index (Phi) is 7.10. The van der Waals surface area contributed by atoms with Crippen molar-refractivity contribution in [2.45, 2.75) is 62.2 Å². The van der Waals surface area contributed by atoms with Gasteiger partial charge >= 0.3 is 0 Å². The van der Waals surface area contributed by atoms with Crippen molar-refractivity contribution in [3.05, 3.63) is 144 Å². The third-order valence-electron chi connectivity index (χ3n) is 9.36. The van der Waals surface area contributed by atoms with Gasteiger partial charge in [-0.25, -0.2) is 0 Å². The van der Waals surface area contributed by atoms with Crippen LogP contribution >= 0.6 is 0 Å². The van der Waals surface area contributed by atoms with Crippen LogP contribution in [0.1, 0.15) is 59.9 Å². The molecule has 37 heavy (non-hydrogen) atoms. The highest BCUT2D eigenvalue weighted by atomic mass is 28.3. The van der Waals surface area contributed by atoms with Gasteiger partial charge in [-0.1, -0.05) is 142 Å². The highest BCUT2D eigenvalue weighted by Crippen LogP contribution is 2.59. The molecule has 1 aliphatic carbocycles. The van der Waals surface area contributed by atoms with Gasteiger partial charge < -0.3 is 0 Å². The van der Waals surface area contributed by atoms with E-state index in [1.807, 2.05) is 0 Å². The molecule has 2 unspecified atom stereocenters. The van der Waals surface area contributed by atoms with Gasteiger partial charge in [0.1, 0.15) is 0 Å². The molecule has 0 saturated carbocycles. The minimum Gasteiger partial charge on any atom is -0.103 e. The smallest absolute Gasteiger partial charge is 0.0589 e. The monoisotopic (exact) mass is 500 g/mol. The summed E-state index contributed by atoms with van der Waals surface area (Å²) in [5.41, 5.74) is 9.26. The molecule has 0 N–H and O–H groups in total. The molecular formula is C36H40Si. The molecule has 4 aromatic rings. The number of rotatable bonds is 8. The van der Waals surface area contributed by atoms with E-state index in [4.69, 9.17) is 0 Å². The first-order chi connectivity index (χ1) is 17.9. The van der Waals surface area contributed by atoms with Crippen molar-refractivity contribution in [3.8, 4) is 11.1 Å². The Morgan fingerprint density at radius 2 is 1.38 bits per heavy atom. The molecule has 0 heterocycles. The number of hydrogen-bond acceptors (Lipinski definition) is 0. The summed E-state index contributed by atoms with van der Waals surface area (Å²) in [6.07, 6.45) is 3.38. The Bertz CT molecular complexity index is 1350. The van der Waals surface area contributed by atoms with Gasteiger partial charge in [0, 0.05) is 5.41 Å². The first kappa shape index (κ1) is 25.5. The van der Waals surface area contributed by atoms with E-state index in [1.165, 1.54) is 28.7 Å². The summed E-state index contributed by atoms with van der Waals surface area (Å²) >= 11 is 0. The molecule has 0 radical (unpaired) electrons. The Morgan fingerprint density at radius 3 is 2.05 bits per heavy atom. The summed E-state index contributed by atoms with van der Waals surface area (Å²) in [7, 11) is -1.54. The van der Waals surface area contributed by atoms with Gasteiger partial charge in [-0.2, -0.15) is 0 Å². The summed E-state index contributed by atoms with van der Waals surface area (Å²) in [6, 6.07) is 41.8. The molecule has 188 valence electrons. The molecule has 4 aromatic carbocycles. The molecule has 0 amide bonds. The zero-order valence-electron chi connectivity index (χ0n) is 22.8. The predicted octanol–water partition coefficient (Wildman–Crippen LogP) is 10.1. The maximum absolute atomic E-state index is 4.13. The lowest BCUT2D eigenvalue weighted by atomic mass is 9.60. The van der Waals surface area contributed by atoms with Gasteiger partial charge in [0.15, 0.2) is 0 Å². The van der Waals surface area contributed by atoms with E-state index in [2.05, 4.69) is 149 Å². The fraction of sp³-hybridized carbons (Fsp3) is 0.278. The van der Waals surface area contributed by atoms with Gasteiger partial charge in [0.25, 0.3) is 0 Å². The normalized spacial score (nSPS) is 19.6. The van der Waals surface area contributed by atoms with E-state index >= 15 is 0 Å². The molecule has 0 spiro atoms. The van der Waals surface area contributed by atoms with Crippen LogP contribution in [0.4, 0.5) is 0 Å². The average molecular weight is 501 g/mol. The van der Waals surface area contributed by atoms with Gasteiger partial charge in [0.05, 0.1) is 8.07 Å². The summed E-state index contributed by atoms with van der Waals surface area (Å²) in [6.45, 7) is 14.3. The molecule has 1 heteroatoms. The molecule has 0 bridgehead atoms. The third kappa shape index (κ3) is 4.55. The van der Waals surface area contributed by atoms with Crippen LogP contribution in [0, 0.1) is 0 Å². The summed E-state index contributed by atoms with van der Waals surface area (Å²) in [4.78, 5) is 0. The second-order valence-corrected chi connectivity index (χ2v) is 16.9. The standard InChI is InChI=1S/C36H40Si/c1-6-25-37(4,5)35-26-34(32-23-15-16-24-33(32)35)36(3,29-19-11-8-12-20-29)27(2)30-21-13-14-22-31(30)28-17-9-7-10-18-28/h6-24,27,34-35H,1,25-26H2,2-5H3/t27?,34-,35+,36?/m1/s1. The van der Waals surface area contributed by atoms with Crippen molar-refractivity contribution >= 4 is 8.07 Å². The van der Waals surface area contributed by atoms with Crippen molar-refractivity contribution in [3.63, 3.8) is 0 Å². The van der Waals surface area contributed by atoms with Crippen LogP contribution in [0.3, 0.4) is 0 Å². The van der Waals surface area contributed by atoms with E-state index < -0.39 is 8.07 Å². The Labute approximate surface area is 225 Å². The topological polar surface area (TPSA) is 0 Å². The van der Waals surface area contributed by atoms with E-state index in [0.717, 1.165) is 6.04 Å². The zero-order chi connectivity index (χ0) is 26.0. The van der Waals surface area contributed by atoms with Crippen LogP contribution in [0.5, 0.6) is 0 Å². The quantitative estimate of drug-likeness (QED) is 0.167. The van der Waals surface area contributed by atoms with Crippen LogP contribution in [-0.2, 0) is 5.41 Å². The van der Waals surface area contributed by atoms with Crippen molar-refractivity contribution in [1.82, 2.24) is 0 Å². The lowest BCUT2D eigenvalue weighted by Gasteiger charge is -2.44. The van der Waals surface area contributed by atoms with Crippen molar-refractivity contribution < 1.29 is 0 Å². The van der Waals surface area contributed by atoms with Crippen LogP contribution in [0.25, 0.3) is 11.1 Å². The van der Waals surface area contributed by atoms with Crippen molar-refractivity contribution in [2.24, 2.45) is 0 Å². The predicted molar refractivity (Wildman–Crippen MR) is 163 cm³/mol. The zero-order valence-corrected chi connectivity index (χ0v) is 23.8. The maximum atomic E-state index is 4.13. The number of allylic oxidation sites excluding steroid dienone is 1. The SMILES string of the molecule is C=CC[Si](C)(C)[C@H]1C[C@@H](C(C)(c2ccccc2)C(C)c2ccccc2-c2ccccc2)c2ccccc21. The van der Waals surface area contributed by atoms with Gasteiger partial charge in [0.2, 0.25) is 0 Å². The van der Waals surface area contributed by atoms with Crippen LogP contribution in [0.15, 0.2) is 122 Å². The Hall–Kier alpha value is -3.16. The average Bonchev–Trinajstić information content (AvgIpc) is 3.34. The molecule has 0 aliphatic heterocycles. The summed E-state index contributed by atoms with van der Waals surface area (Å²) in [5.74, 6) is 0.777. The highest BCUT2D eigenvalue weighted by molar-refractivity contribution is 6.79. The second kappa shape index (κ2) is 10.3. The van der Waals surface area contributed by atoms with Crippen LogP contribution < -0.4 is 0 Å². The number of benzene rings is 4. The van der Waals surface area contributed by atoms with Gasteiger partial charge in [-0.15, -0.1) is 6.58 Å². The maximum Gasteiger partial charge on any atom is 0.0589 e. The van der Waals surface area contributed by atoms with Crippen molar-refractivity contribution in [1.29, 1.82) is 0 Å². The van der Waals surface area contributed by atoms with Crippen molar-refractivity contribution in [2.75, 3.05) is 0 Å². The van der Waals surface area contributed by atoms with E-state index in [-0.39, 0.29) is 5.41 Å². The van der Waals surface area contributed by atoms with Gasteiger partial charge in [-0.05, 0) is 63.2 Å². The van der Waals surface area contributed by atoms with Crippen LogP contribution in [-0.4, -0.2) is 8.07 Å². The first-order valence-electron chi connectivity index (χ1n) is 13.8. The molecule has 0 aromatic heterocycles. The molecular weight excluding hydrogens is 460 g/mol. The minimum absolute atomic E-state index is 0.0599. The largest absolute Gasteiger partial charge is 0.103 e. The molecule has 0 fully saturated rings. The highest BCUT2D eigenvalue weighted by Gasteiger charge is 2.50. The van der Waals surface area contributed by atoms with Crippen LogP contribution in [0.2, 0.25) is 19.1 Å². The molecule has 5 rings (SSSR count). The van der Waals surface area contributed by atoms with E-state index in [0.29, 0.717) is 17.4 Å².